The van der Waals surface area contributed by atoms with Crippen LogP contribution in [0.5, 0.6) is 11.8 Å². The smallest absolute Gasteiger partial charge is 0.257 e. The number of methoxy groups -OCH3 is 2. The van der Waals surface area contributed by atoms with E-state index in [0.717, 1.165) is 12.0 Å². The molecular formula is C18H22N2O3. The second-order valence-corrected chi connectivity index (χ2v) is 5.91. The highest BCUT2D eigenvalue weighted by molar-refractivity contribution is 5.96. The van der Waals surface area contributed by atoms with E-state index in [1.54, 1.807) is 12.1 Å². The van der Waals surface area contributed by atoms with Gasteiger partial charge in [0.15, 0.2) is 0 Å². The summed E-state index contributed by atoms with van der Waals surface area (Å²) in [6, 6.07) is 13.3. The summed E-state index contributed by atoms with van der Waals surface area (Å²) in [6.45, 7) is 3.97. The minimum atomic E-state index is -0.399. The first kappa shape index (κ1) is 16.8. The van der Waals surface area contributed by atoms with E-state index in [-0.39, 0.29) is 11.8 Å². The Morgan fingerprint density at radius 1 is 1.09 bits per heavy atom. The Morgan fingerprint density at radius 2 is 1.78 bits per heavy atom. The van der Waals surface area contributed by atoms with Crippen molar-refractivity contribution in [2.24, 2.45) is 0 Å². The quantitative estimate of drug-likeness (QED) is 0.890. The lowest BCUT2D eigenvalue weighted by Gasteiger charge is -2.26. The highest BCUT2D eigenvalue weighted by Gasteiger charge is 2.24. The van der Waals surface area contributed by atoms with Gasteiger partial charge in [0.2, 0.25) is 11.8 Å². The van der Waals surface area contributed by atoms with Gasteiger partial charge in [0.1, 0.15) is 5.56 Å². The predicted molar refractivity (Wildman–Crippen MR) is 89.0 cm³/mol. The van der Waals surface area contributed by atoms with Gasteiger partial charge < -0.3 is 14.8 Å². The SMILES string of the molecule is COc1ccc(C(=O)NC(C)(C)Cc2ccccc2)c(OC)n1. The van der Waals surface area contributed by atoms with Crippen LogP contribution in [0.2, 0.25) is 0 Å². The number of nitrogens with one attached hydrogen (secondary N) is 1. The molecule has 0 aliphatic heterocycles. The number of benzene rings is 1. The molecule has 0 aliphatic rings. The molecule has 1 aromatic heterocycles. The van der Waals surface area contributed by atoms with E-state index in [9.17, 15) is 4.79 Å². The second kappa shape index (κ2) is 7.13. The molecule has 0 saturated carbocycles. The molecule has 122 valence electrons. The molecule has 1 N–H and O–H groups in total. The fraction of sp³-hybridized carbons (Fsp3) is 0.333. The van der Waals surface area contributed by atoms with Crippen molar-refractivity contribution >= 4 is 5.91 Å². The van der Waals surface area contributed by atoms with Gasteiger partial charge in [0, 0.05) is 11.6 Å². The zero-order valence-electron chi connectivity index (χ0n) is 13.9. The van der Waals surface area contributed by atoms with Gasteiger partial charge in [-0.1, -0.05) is 30.3 Å². The summed E-state index contributed by atoms with van der Waals surface area (Å²) in [5.41, 5.74) is 1.15. The van der Waals surface area contributed by atoms with Crippen LogP contribution in [0.1, 0.15) is 29.8 Å². The Bertz CT molecular complexity index is 669. The normalized spacial score (nSPS) is 11.0. The number of carbonyl (C=O) groups excluding carboxylic acids is 1. The van der Waals surface area contributed by atoms with E-state index in [0.29, 0.717) is 11.4 Å². The van der Waals surface area contributed by atoms with Crippen LogP contribution in [0.3, 0.4) is 0 Å². The van der Waals surface area contributed by atoms with E-state index in [1.807, 2.05) is 44.2 Å². The lowest BCUT2D eigenvalue weighted by atomic mass is 9.94. The first-order valence-electron chi connectivity index (χ1n) is 7.40. The standard InChI is InChI=1S/C18H22N2O3/c1-18(2,12-13-8-6-5-7-9-13)20-16(21)14-10-11-15(22-3)19-17(14)23-4/h5-11H,12H2,1-4H3,(H,20,21). The minimum Gasteiger partial charge on any atom is -0.481 e. The summed E-state index contributed by atoms with van der Waals surface area (Å²) in [6.07, 6.45) is 0.728. The zero-order valence-corrected chi connectivity index (χ0v) is 13.9. The molecule has 1 aromatic carbocycles. The maximum atomic E-state index is 12.6. The molecule has 0 spiro atoms. The third-order valence-electron chi connectivity index (χ3n) is 3.42. The monoisotopic (exact) mass is 314 g/mol. The van der Waals surface area contributed by atoms with E-state index in [4.69, 9.17) is 9.47 Å². The largest absolute Gasteiger partial charge is 0.481 e. The van der Waals surface area contributed by atoms with Crippen LogP contribution in [-0.4, -0.2) is 30.6 Å². The average Bonchev–Trinajstić information content (AvgIpc) is 2.54. The predicted octanol–water partition coefficient (Wildman–Crippen LogP) is 2.85. The summed E-state index contributed by atoms with van der Waals surface area (Å²) < 4.78 is 10.2. The van der Waals surface area contributed by atoms with Gasteiger partial charge in [-0.2, -0.15) is 4.98 Å². The Morgan fingerprint density at radius 3 is 2.39 bits per heavy atom. The van der Waals surface area contributed by atoms with Gasteiger partial charge in [-0.15, -0.1) is 0 Å². The van der Waals surface area contributed by atoms with Crippen molar-refractivity contribution < 1.29 is 14.3 Å². The highest BCUT2D eigenvalue weighted by Crippen LogP contribution is 2.21. The van der Waals surface area contributed by atoms with Crippen LogP contribution in [0.25, 0.3) is 0 Å². The van der Waals surface area contributed by atoms with E-state index in [2.05, 4.69) is 10.3 Å². The number of hydrogen-bond donors (Lipinski definition) is 1. The zero-order chi connectivity index (χ0) is 16.9. The number of amides is 1. The van der Waals surface area contributed by atoms with Crippen molar-refractivity contribution in [2.45, 2.75) is 25.8 Å². The molecule has 0 fully saturated rings. The number of carbonyl (C=O) groups is 1. The number of hydrogen-bond acceptors (Lipinski definition) is 4. The second-order valence-electron chi connectivity index (χ2n) is 5.91. The summed E-state index contributed by atoms with van der Waals surface area (Å²) >= 11 is 0. The lowest BCUT2D eigenvalue weighted by Crippen LogP contribution is -2.45. The first-order valence-corrected chi connectivity index (χ1v) is 7.40. The molecule has 1 amide bonds. The summed E-state index contributed by atoms with van der Waals surface area (Å²) in [5, 5.41) is 3.03. The molecule has 0 bridgehead atoms. The van der Waals surface area contributed by atoms with Crippen molar-refractivity contribution in [1.82, 2.24) is 10.3 Å². The maximum Gasteiger partial charge on any atom is 0.257 e. The molecule has 0 radical (unpaired) electrons. The van der Waals surface area contributed by atoms with Crippen LogP contribution in [-0.2, 0) is 6.42 Å². The Hall–Kier alpha value is -2.56. The van der Waals surface area contributed by atoms with Crippen molar-refractivity contribution in [3.8, 4) is 11.8 Å². The molecule has 2 rings (SSSR count). The average molecular weight is 314 g/mol. The molecule has 0 saturated heterocycles. The van der Waals surface area contributed by atoms with Crippen molar-refractivity contribution in [1.29, 1.82) is 0 Å². The lowest BCUT2D eigenvalue weighted by molar-refractivity contribution is 0.0909. The molecule has 0 aliphatic carbocycles. The number of ether oxygens (including phenoxy) is 2. The van der Waals surface area contributed by atoms with E-state index in [1.165, 1.54) is 14.2 Å². The third kappa shape index (κ3) is 4.45. The number of aromatic nitrogens is 1. The van der Waals surface area contributed by atoms with Crippen LogP contribution < -0.4 is 14.8 Å². The Kier molecular flexibility index (Phi) is 5.21. The number of rotatable bonds is 6. The minimum absolute atomic E-state index is 0.224. The van der Waals surface area contributed by atoms with Crippen molar-refractivity contribution in [2.75, 3.05) is 14.2 Å². The molecule has 5 heteroatoms. The highest BCUT2D eigenvalue weighted by atomic mass is 16.5. The van der Waals surface area contributed by atoms with Crippen LogP contribution in [0.15, 0.2) is 42.5 Å². The molecular weight excluding hydrogens is 292 g/mol. The fourth-order valence-electron chi connectivity index (χ4n) is 2.39. The number of pyridine rings is 1. The molecule has 2 aromatic rings. The summed E-state index contributed by atoms with van der Waals surface area (Å²) in [5.74, 6) is 0.428. The molecule has 5 nitrogen and oxygen atoms in total. The van der Waals surface area contributed by atoms with Gasteiger partial charge in [0.25, 0.3) is 5.91 Å². The van der Waals surface area contributed by atoms with Crippen LogP contribution >= 0.6 is 0 Å². The van der Waals surface area contributed by atoms with Crippen molar-refractivity contribution in [3.63, 3.8) is 0 Å². The van der Waals surface area contributed by atoms with Gasteiger partial charge >= 0.3 is 0 Å². The maximum absolute atomic E-state index is 12.6. The molecule has 1 heterocycles. The molecule has 0 unspecified atom stereocenters. The van der Waals surface area contributed by atoms with E-state index >= 15 is 0 Å². The van der Waals surface area contributed by atoms with Gasteiger partial charge in [-0.05, 0) is 31.9 Å². The Labute approximate surface area is 136 Å². The van der Waals surface area contributed by atoms with Gasteiger partial charge in [0.05, 0.1) is 14.2 Å². The Balaban J connectivity index is 2.14. The van der Waals surface area contributed by atoms with Crippen LogP contribution in [0, 0.1) is 0 Å². The number of nitrogens with zero attached hydrogens (tertiary/aromatic N) is 1. The van der Waals surface area contributed by atoms with Gasteiger partial charge in [-0.25, -0.2) is 0 Å². The molecule has 23 heavy (non-hydrogen) atoms. The van der Waals surface area contributed by atoms with Gasteiger partial charge in [-0.3, -0.25) is 4.79 Å². The first-order chi connectivity index (χ1) is 10.9. The topological polar surface area (TPSA) is 60.5 Å². The van der Waals surface area contributed by atoms with Crippen LogP contribution in [0.4, 0.5) is 0 Å². The van der Waals surface area contributed by atoms with Crippen molar-refractivity contribution in [3.05, 3.63) is 53.6 Å². The third-order valence-corrected chi connectivity index (χ3v) is 3.42. The van der Waals surface area contributed by atoms with E-state index < -0.39 is 5.54 Å². The fourth-order valence-corrected chi connectivity index (χ4v) is 2.39. The molecule has 0 atom stereocenters. The summed E-state index contributed by atoms with van der Waals surface area (Å²) in [4.78, 5) is 16.7. The summed E-state index contributed by atoms with van der Waals surface area (Å²) in [7, 11) is 3.00.